The fourth-order valence-electron chi connectivity index (χ4n) is 1.77. The van der Waals surface area contributed by atoms with E-state index in [9.17, 15) is 0 Å². The van der Waals surface area contributed by atoms with Gasteiger partial charge in [-0.05, 0) is 36.4 Å². The fourth-order valence-corrected chi connectivity index (χ4v) is 1.93. The summed E-state index contributed by atoms with van der Waals surface area (Å²) in [4.78, 5) is 4.30. The van der Waals surface area contributed by atoms with Crippen LogP contribution < -0.4 is 5.43 Å². The minimum Gasteiger partial charge on any atom is -0.294 e. The van der Waals surface area contributed by atoms with Crippen molar-refractivity contribution >= 4 is 40.6 Å². The molecule has 3 aromatic rings. The van der Waals surface area contributed by atoms with E-state index in [2.05, 4.69) is 10.4 Å². The first-order valence-electron chi connectivity index (χ1n) is 5.27. The summed E-state index contributed by atoms with van der Waals surface area (Å²) >= 11 is 5.95. The molecule has 0 unspecified atom stereocenters. The summed E-state index contributed by atoms with van der Waals surface area (Å²) in [6.07, 6.45) is 5.66. The molecule has 0 saturated heterocycles. The molecule has 5 heteroatoms. The molecule has 0 bridgehead atoms. The Morgan fingerprint density at radius 2 is 1.89 bits per heavy atom. The third-order valence-electron chi connectivity index (χ3n) is 2.56. The monoisotopic (exact) mass is 279 g/mol. The van der Waals surface area contributed by atoms with Crippen molar-refractivity contribution in [3.8, 4) is 0 Å². The zero-order valence-electron chi connectivity index (χ0n) is 9.38. The molecule has 0 aliphatic carbocycles. The average Bonchev–Trinajstić information content (AvgIpc) is 2.82. The number of fused-ring (bicyclic) bond motifs is 1. The molecule has 0 fully saturated rings. The summed E-state index contributed by atoms with van der Waals surface area (Å²) in [5.74, 6) is 0. The molecule has 0 amide bonds. The lowest BCUT2D eigenvalue weighted by atomic mass is 10.2. The van der Waals surface area contributed by atoms with E-state index in [1.54, 1.807) is 6.20 Å². The molecule has 0 saturated carbocycles. The summed E-state index contributed by atoms with van der Waals surface area (Å²) < 4.78 is 1.89. The van der Waals surface area contributed by atoms with Gasteiger partial charge in [-0.3, -0.25) is 15.1 Å². The molecule has 18 heavy (non-hydrogen) atoms. The molecule has 1 aromatic carbocycles. The van der Waals surface area contributed by atoms with Crippen molar-refractivity contribution in [3.05, 3.63) is 60.0 Å². The molecule has 0 radical (unpaired) electrons. The number of aromatic nitrogens is 2. The van der Waals surface area contributed by atoms with Gasteiger partial charge in [0.15, 0.2) is 0 Å². The Kier molecular flexibility index (Phi) is 3.75. The van der Waals surface area contributed by atoms with Gasteiger partial charge in [-0.25, -0.2) is 0 Å². The van der Waals surface area contributed by atoms with E-state index in [4.69, 9.17) is 11.6 Å². The van der Waals surface area contributed by atoms with E-state index >= 15 is 0 Å². The van der Waals surface area contributed by atoms with E-state index in [0.717, 1.165) is 16.6 Å². The van der Waals surface area contributed by atoms with Gasteiger partial charge in [0.05, 0.1) is 11.2 Å². The molecule has 0 aliphatic heterocycles. The zero-order chi connectivity index (χ0) is 11.7. The molecular formula is C13H11Cl2N3. The molecule has 92 valence electrons. The highest BCUT2D eigenvalue weighted by Crippen LogP contribution is 2.24. The predicted octanol–water partition coefficient (Wildman–Crippen LogP) is 3.99. The Bertz CT molecular complexity index is 650. The predicted molar refractivity (Wildman–Crippen MR) is 77.5 cm³/mol. The quantitative estimate of drug-likeness (QED) is 0.769. The van der Waals surface area contributed by atoms with Crippen LogP contribution in [0.2, 0.25) is 5.02 Å². The van der Waals surface area contributed by atoms with Crippen LogP contribution >= 0.6 is 24.0 Å². The summed E-state index contributed by atoms with van der Waals surface area (Å²) in [6.45, 7) is 0. The van der Waals surface area contributed by atoms with Gasteiger partial charge in [-0.15, -0.1) is 12.4 Å². The average molecular weight is 280 g/mol. The maximum Gasteiger partial charge on any atom is 0.0738 e. The van der Waals surface area contributed by atoms with Gasteiger partial charge in [0.1, 0.15) is 0 Å². The van der Waals surface area contributed by atoms with Crippen LogP contribution in [0, 0.1) is 0 Å². The van der Waals surface area contributed by atoms with Gasteiger partial charge >= 0.3 is 0 Å². The highest BCUT2D eigenvalue weighted by atomic mass is 35.5. The lowest BCUT2D eigenvalue weighted by molar-refractivity contribution is 0.973. The van der Waals surface area contributed by atoms with Crippen molar-refractivity contribution in [2.45, 2.75) is 0 Å². The van der Waals surface area contributed by atoms with Crippen LogP contribution in [0.4, 0.5) is 5.69 Å². The molecule has 2 heterocycles. The van der Waals surface area contributed by atoms with Crippen LogP contribution in [-0.4, -0.2) is 9.66 Å². The Labute approximate surface area is 116 Å². The number of rotatable bonds is 2. The number of halogens is 2. The van der Waals surface area contributed by atoms with E-state index < -0.39 is 0 Å². The fraction of sp³-hybridized carbons (Fsp3) is 0. The van der Waals surface area contributed by atoms with Gasteiger partial charge in [-0.2, -0.15) is 0 Å². The Hall–Kier alpha value is -1.71. The molecule has 2 aromatic heterocycles. The normalized spacial score (nSPS) is 10.1. The number of nitrogens with zero attached hydrogens (tertiary/aromatic N) is 2. The van der Waals surface area contributed by atoms with Gasteiger partial charge in [0, 0.05) is 29.0 Å². The maximum absolute atomic E-state index is 5.95. The van der Waals surface area contributed by atoms with Crippen molar-refractivity contribution in [3.63, 3.8) is 0 Å². The van der Waals surface area contributed by atoms with Crippen LogP contribution in [0.15, 0.2) is 55.0 Å². The largest absolute Gasteiger partial charge is 0.294 e. The van der Waals surface area contributed by atoms with Crippen molar-refractivity contribution in [1.29, 1.82) is 0 Å². The van der Waals surface area contributed by atoms with Crippen LogP contribution in [0.5, 0.6) is 0 Å². The second-order valence-electron chi connectivity index (χ2n) is 3.72. The first-order valence-corrected chi connectivity index (χ1v) is 5.65. The third-order valence-corrected chi connectivity index (χ3v) is 2.79. The highest BCUT2D eigenvalue weighted by Gasteiger charge is 2.02. The van der Waals surface area contributed by atoms with Crippen molar-refractivity contribution in [2.24, 2.45) is 0 Å². The molecule has 1 N–H and O–H groups in total. The first kappa shape index (κ1) is 12.7. The maximum atomic E-state index is 5.95. The van der Waals surface area contributed by atoms with E-state index in [-0.39, 0.29) is 12.4 Å². The number of hydrogen-bond acceptors (Lipinski definition) is 2. The topological polar surface area (TPSA) is 29.9 Å². The smallest absolute Gasteiger partial charge is 0.0738 e. The summed E-state index contributed by atoms with van der Waals surface area (Å²) in [6, 6.07) is 11.6. The van der Waals surface area contributed by atoms with E-state index in [1.807, 2.05) is 53.5 Å². The molecular weight excluding hydrogens is 269 g/mol. The summed E-state index contributed by atoms with van der Waals surface area (Å²) in [7, 11) is 0. The van der Waals surface area contributed by atoms with E-state index in [0.29, 0.717) is 5.02 Å². The molecule has 0 atom stereocenters. The lowest BCUT2D eigenvalue weighted by Crippen LogP contribution is -2.06. The number of hydrogen-bond donors (Lipinski definition) is 1. The van der Waals surface area contributed by atoms with Crippen molar-refractivity contribution in [1.82, 2.24) is 9.66 Å². The highest BCUT2D eigenvalue weighted by molar-refractivity contribution is 6.31. The first-order chi connectivity index (χ1) is 8.33. The summed E-state index contributed by atoms with van der Waals surface area (Å²) in [5, 5.41) is 1.74. The summed E-state index contributed by atoms with van der Waals surface area (Å²) in [5.41, 5.74) is 5.17. The van der Waals surface area contributed by atoms with Crippen molar-refractivity contribution < 1.29 is 0 Å². The second kappa shape index (κ2) is 5.29. The minimum atomic E-state index is 0. The zero-order valence-corrected chi connectivity index (χ0v) is 10.9. The minimum absolute atomic E-state index is 0. The van der Waals surface area contributed by atoms with Crippen LogP contribution in [0.1, 0.15) is 0 Å². The van der Waals surface area contributed by atoms with Crippen LogP contribution in [0.3, 0.4) is 0 Å². The van der Waals surface area contributed by atoms with Gasteiger partial charge in [-0.1, -0.05) is 11.6 Å². The van der Waals surface area contributed by atoms with E-state index in [1.165, 1.54) is 0 Å². The molecule has 3 rings (SSSR count). The van der Waals surface area contributed by atoms with Crippen LogP contribution in [-0.2, 0) is 0 Å². The molecule has 0 spiro atoms. The number of pyridine rings is 1. The van der Waals surface area contributed by atoms with Crippen LogP contribution in [0.25, 0.3) is 10.9 Å². The van der Waals surface area contributed by atoms with Gasteiger partial charge in [0.25, 0.3) is 0 Å². The van der Waals surface area contributed by atoms with Crippen molar-refractivity contribution in [2.75, 3.05) is 5.43 Å². The standard InChI is InChI=1S/C13H10ClN3.ClH/c14-10-3-4-11-12(5-6-15-13(11)9-10)16-17-7-1-2-8-17;/h1-9H,(H,15,16);1H. The Balaban J connectivity index is 0.00000120. The lowest BCUT2D eigenvalue weighted by Gasteiger charge is -2.10. The molecule has 3 nitrogen and oxygen atoms in total. The Morgan fingerprint density at radius 1 is 1.11 bits per heavy atom. The van der Waals surface area contributed by atoms with Gasteiger partial charge < -0.3 is 0 Å². The second-order valence-corrected chi connectivity index (χ2v) is 4.16. The number of anilines is 1. The number of nitrogens with one attached hydrogen (secondary N) is 1. The third kappa shape index (κ3) is 2.42. The molecule has 0 aliphatic rings. The Morgan fingerprint density at radius 3 is 2.67 bits per heavy atom. The van der Waals surface area contributed by atoms with Gasteiger partial charge in [0.2, 0.25) is 0 Å². The SMILES string of the molecule is Cl.Clc1ccc2c(Nn3cccc3)ccnc2c1. The number of benzene rings is 1.